The van der Waals surface area contributed by atoms with Gasteiger partial charge in [-0.15, -0.1) is 0 Å². The lowest BCUT2D eigenvalue weighted by molar-refractivity contribution is -0.132. The van der Waals surface area contributed by atoms with Crippen molar-refractivity contribution in [3.05, 3.63) is 106 Å². The molecule has 0 aliphatic carbocycles. The van der Waals surface area contributed by atoms with Crippen LogP contribution in [-0.2, 0) is 9.59 Å². The quantitative estimate of drug-likeness (QED) is 0.326. The molecule has 0 saturated carbocycles. The smallest absolute Gasteiger partial charge is 0.304 e. The molecule has 3 aromatic rings. The molecule has 1 heterocycles. The van der Waals surface area contributed by atoms with Gasteiger partial charge < -0.3 is 4.74 Å². The van der Waals surface area contributed by atoms with Crippen LogP contribution < -0.4 is 9.64 Å². The van der Waals surface area contributed by atoms with Crippen LogP contribution in [0.4, 0.5) is 5.69 Å². The number of amides is 1. The molecule has 164 valence electrons. The second-order valence-corrected chi connectivity index (χ2v) is 7.78. The zero-order chi connectivity index (χ0) is 23.7. The van der Waals surface area contributed by atoms with E-state index in [4.69, 9.17) is 4.74 Å². The molecule has 0 N–H and O–H groups in total. The lowest BCUT2D eigenvalue weighted by atomic mass is 9.96. The summed E-state index contributed by atoms with van der Waals surface area (Å²) >= 11 is 0. The molecule has 4 rings (SSSR count). The fraction of sp³-hybridized carbons (Fsp3) is 0.111. The zero-order valence-corrected chi connectivity index (χ0v) is 18.4. The Hall–Kier alpha value is -4.32. The summed E-state index contributed by atoms with van der Waals surface area (Å²) in [5.74, 6) is -2.67. The second-order valence-electron chi connectivity index (χ2n) is 7.78. The number of aryl methyl sites for hydroxylation is 2. The SMILES string of the molecule is COc1ccc(N2C(=O)C(=O)C(C(=O)c3ccc(C)cc3)=C2C(=O)c2ccc(C)cc2)cc1. The lowest BCUT2D eigenvalue weighted by Crippen LogP contribution is -2.31. The normalized spacial score (nSPS) is 13.5. The molecule has 0 radical (unpaired) electrons. The Morgan fingerprint density at radius 1 is 0.697 bits per heavy atom. The Bertz CT molecular complexity index is 1300. The third-order valence-electron chi connectivity index (χ3n) is 5.49. The largest absolute Gasteiger partial charge is 0.497 e. The van der Waals surface area contributed by atoms with Crippen molar-refractivity contribution in [2.75, 3.05) is 12.0 Å². The summed E-state index contributed by atoms with van der Waals surface area (Å²) in [4.78, 5) is 54.1. The number of rotatable bonds is 6. The van der Waals surface area contributed by atoms with E-state index in [0.717, 1.165) is 16.0 Å². The van der Waals surface area contributed by atoms with Crippen molar-refractivity contribution in [2.24, 2.45) is 0 Å². The van der Waals surface area contributed by atoms with Gasteiger partial charge in [-0.25, -0.2) is 0 Å². The number of anilines is 1. The zero-order valence-electron chi connectivity index (χ0n) is 18.4. The van der Waals surface area contributed by atoms with Crippen LogP contribution >= 0.6 is 0 Å². The third-order valence-corrected chi connectivity index (χ3v) is 5.49. The molecule has 6 nitrogen and oxygen atoms in total. The maximum atomic E-state index is 13.6. The number of Topliss-reactive ketones (excluding diaryl/α,β-unsaturated/α-hetero) is 3. The highest BCUT2D eigenvalue weighted by atomic mass is 16.5. The summed E-state index contributed by atoms with van der Waals surface area (Å²) in [5.41, 5.74) is 1.99. The Morgan fingerprint density at radius 3 is 1.67 bits per heavy atom. The van der Waals surface area contributed by atoms with Crippen LogP contribution in [0, 0.1) is 13.8 Å². The van der Waals surface area contributed by atoms with Crippen LogP contribution in [0.3, 0.4) is 0 Å². The highest BCUT2D eigenvalue weighted by Gasteiger charge is 2.45. The molecule has 0 bridgehead atoms. The van der Waals surface area contributed by atoms with Gasteiger partial charge in [0, 0.05) is 16.8 Å². The molecule has 0 saturated heterocycles. The number of carbonyl (C=O) groups is 4. The van der Waals surface area contributed by atoms with E-state index in [2.05, 4.69) is 0 Å². The molecule has 0 spiro atoms. The first-order valence-electron chi connectivity index (χ1n) is 10.3. The summed E-state index contributed by atoms with van der Waals surface area (Å²) in [6.07, 6.45) is 0. The van der Waals surface area contributed by atoms with Crippen molar-refractivity contribution in [1.29, 1.82) is 0 Å². The van der Waals surface area contributed by atoms with E-state index in [1.54, 1.807) is 72.8 Å². The van der Waals surface area contributed by atoms with E-state index in [-0.39, 0.29) is 22.5 Å². The predicted octanol–water partition coefficient (Wildman–Crippen LogP) is 4.25. The summed E-state index contributed by atoms with van der Waals surface area (Å²) in [6, 6.07) is 19.7. The van der Waals surface area contributed by atoms with Crippen molar-refractivity contribution in [3.8, 4) is 5.75 Å². The van der Waals surface area contributed by atoms with E-state index >= 15 is 0 Å². The Labute approximate surface area is 191 Å². The van der Waals surface area contributed by atoms with E-state index in [0.29, 0.717) is 5.75 Å². The first-order chi connectivity index (χ1) is 15.8. The predicted molar refractivity (Wildman–Crippen MR) is 124 cm³/mol. The average Bonchev–Trinajstić information content (AvgIpc) is 3.09. The van der Waals surface area contributed by atoms with E-state index < -0.39 is 28.8 Å². The monoisotopic (exact) mass is 439 g/mol. The van der Waals surface area contributed by atoms with Gasteiger partial charge in [-0.3, -0.25) is 24.1 Å². The van der Waals surface area contributed by atoms with Crippen molar-refractivity contribution in [2.45, 2.75) is 13.8 Å². The van der Waals surface area contributed by atoms with Gasteiger partial charge in [0.1, 0.15) is 17.0 Å². The molecule has 6 heteroatoms. The average molecular weight is 439 g/mol. The molecule has 1 aliphatic rings. The Morgan fingerprint density at radius 2 is 1.18 bits per heavy atom. The van der Waals surface area contributed by atoms with Gasteiger partial charge in [0.25, 0.3) is 5.78 Å². The summed E-state index contributed by atoms with van der Waals surface area (Å²) in [5, 5.41) is 0. The van der Waals surface area contributed by atoms with Crippen LogP contribution in [0.15, 0.2) is 84.1 Å². The number of hydrogen-bond donors (Lipinski definition) is 0. The van der Waals surface area contributed by atoms with Gasteiger partial charge in [0.2, 0.25) is 5.78 Å². The number of ether oxygens (including phenoxy) is 1. The van der Waals surface area contributed by atoms with Gasteiger partial charge in [-0.2, -0.15) is 0 Å². The molecule has 33 heavy (non-hydrogen) atoms. The molecular formula is C27H21NO5. The molecule has 0 atom stereocenters. The summed E-state index contributed by atoms with van der Waals surface area (Å²) in [7, 11) is 1.50. The Kier molecular flexibility index (Phi) is 5.75. The number of methoxy groups -OCH3 is 1. The van der Waals surface area contributed by atoms with Gasteiger partial charge >= 0.3 is 5.91 Å². The lowest BCUT2D eigenvalue weighted by Gasteiger charge is -2.19. The van der Waals surface area contributed by atoms with Crippen molar-refractivity contribution >= 4 is 28.9 Å². The highest BCUT2D eigenvalue weighted by Crippen LogP contribution is 2.33. The van der Waals surface area contributed by atoms with Crippen molar-refractivity contribution in [1.82, 2.24) is 0 Å². The number of hydrogen-bond acceptors (Lipinski definition) is 5. The van der Waals surface area contributed by atoms with E-state index in [1.807, 2.05) is 13.8 Å². The van der Waals surface area contributed by atoms with Gasteiger partial charge in [-0.05, 0) is 38.1 Å². The van der Waals surface area contributed by atoms with Crippen LogP contribution in [0.25, 0.3) is 0 Å². The van der Waals surface area contributed by atoms with E-state index in [9.17, 15) is 19.2 Å². The third kappa shape index (κ3) is 3.99. The van der Waals surface area contributed by atoms with Gasteiger partial charge in [-0.1, -0.05) is 59.7 Å². The topological polar surface area (TPSA) is 80.8 Å². The van der Waals surface area contributed by atoms with Crippen LogP contribution in [0.5, 0.6) is 5.75 Å². The highest BCUT2D eigenvalue weighted by molar-refractivity contribution is 6.59. The first kappa shape index (κ1) is 21.9. The second kappa shape index (κ2) is 8.67. The molecule has 1 amide bonds. The molecule has 0 aromatic heterocycles. The minimum Gasteiger partial charge on any atom is -0.497 e. The van der Waals surface area contributed by atoms with Crippen LogP contribution in [0.1, 0.15) is 31.8 Å². The number of benzene rings is 3. The van der Waals surface area contributed by atoms with E-state index in [1.165, 1.54) is 7.11 Å². The molecule has 0 unspecified atom stereocenters. The van der Waals surface area contributed by atoms with Crippen molar-refractivity contribution in [3.63, 3.8) is 0 Å². The van der Waals surface area contributed by atoms with Gasteiger partial charge in [0.15, 0.2) is 5.78 Å². The van der Waals surface area contributed by atoms with Gasteiger partial charge in [0.05, 0.1) is 7.11 Å². The standard InChI is InChI=1S/C27H21NO5/c1-16-4-8-18(9-5-16)24(29)22-23(25(30)19-10-6-17(2)7-11-19)28(27(32)26(22)31)20-12-14-21(33-3)15-13-20/h4-15H,1-3H3. The molecular weight excluding hydrogens is 418 g/mol. The minimum atomic E-state index is -1.01. The maximum absolute atomic E-state index is 13.6. The fourth-order valence-corrected chi connectivity index (χ4v) is 3.62. The molecule has 1 aliphatic heterocycles. The number of nitrogens with zero attached hydrogens (tertiary/aromatic N) is 1. The van der Waals surface area contributed by atoms with Crippen LogP contribution in [-0.4, -0.2) is 30.4 Å². The first-order valence-corrected chi connectivity index (χ1v) is 10.3. The summed E-state index contributed by atoms with van der Waals surface area (Å²) in [6.45, 7) is 3.75. The number of carbonyl (C=O) groups excluding carboxylic acids is 4. The minimum absolute atomic E-state index is 0.225. The fourth-order valence-electron chi connectivity index (χ4n) is 3.62. The molecule has 0 fully saturated rings. The van der Waals surface area contributed by atoms with Crippen LogP contribution in [0.2, 0.25) is 0 Å². The summed E-state index contributed by atoms with van der Waals surface area (Å²) < 4.78 is 5.16. The maximum Gasteiger partial charge on any atom is 0.304 e. The number of ketones is 3. The Balaban J connectivity index is 1.91. The van der Waals surface area contributed by atoms with Crippen molar-refractivity contribution < 1.29 is 23.9 Å². The number of allylic oxidation sites excluding steroid dienone is 1. The molecule has 3 aromatic carbocycles.